The van der Waals surface area contributed by atoms with Gasteiger partial charge in [0.05, 0.1) is 5.75 Å². The van der Waals surface area contributed by atoms with Crippen LogP contribution in [0, 0.1) is 27.7 Å². The molecule has 0 unspecified atom stereocenters. The highest BCUT2D eigenvalue weighted by atomic mass is 32.2. The first-order chi connectivity index (χ1) is 12.8. The molecule has 1 aromatic carbocycles. The summed E-state index contributed by atoms with van der Waals surface area (Å²) in [4.78, 5) is 12.7. The molecule has 0 aliphatic carbocycles. The molecule has 27 heavy (non-hydrogen) atoms. The minimum absolute atomic E-state index is 0.0751. The highest BCUT2D eigenvalue weighted by molar-refractivity contribution is 7.99. The van der Waals surface area contributed by atoms with Gasteiger partial charge in [-0.2, -0.15) is 0 Å². The van der Waals surface area contributed by atoms with E-state index in [0.29, 0.717) is 17.2 Å². The van der Waals surface area contributed by atoms with Gasteiger partial charge in [0, 0.05) is 28.6 Å². The van der Waals surface area contributed by atoms with Crippen LogP contribution in [0.3, 0.4) is 0 Å². The maximum Gasteiger partial charge on any atom is 0.277 e. The molecule has 3 rings (SSSR count). The van der Waals surface area contributed by atoms with Crippen molar-refractivity contribution in [2.45, 2.75) is 52.8 Å². The third kappa shape index (κ3) is 4.16. The summed E-state index contributed by atoms with van der Waals surface area (Å²) in [5.74, 6) is 0.831. The Bertz CT molecular complexity index is 965. The summed E-state index contributed by atoms with van der Waals surface area (Å²) in [6, 6.07) is 8.42. The van der Waals surface area contributed by atoms with Crippen molar-refractivity contribution in [3.63, 3.8) is 0 Å². The van der Waals surface area contributed by atoms with Crippen molar-refractivity contribution in [1.82, 2.24) is 14.8 Å². The number of Topliss-reactive ketones (excluding diaryl/α,β-unsaturated/α-hetero) is 1. The largest absolute Gasteiger partial charge is 0.411 e. The van der Waals surface area contributed by atoms with Crippen molar-refractivity contribution in [3.05, 3.63) is 52.3 Å². The molecule has 2 aromatic heterocycles. The molecule has 5 nitrogen and oxygen atoms in total. The number of benzene rings is 1. The predicted octanol–water partition coefficient (Wildman–Crippen LogP) is 5.33. The van der Waals surface area contributed by atoms with Crippen LogP contribution in [0.25, 0.3) is 11.5 Å². The molecule has 0 saturated heterocycles. The standard InChI is InChI=1S/C21H25N3O2S/c1-12(2)24-15(5)10-18(16(24)6)19(25)11-27-21-23-22-20(26-21)17-8-13(3)7-14(4)9-17/h7-10,12H,11H2,1-6H3. The Labute approximate surface area is 164 Å². The van der Waals surface area contributed by atoms with Gasteiger partial charge in [0.15, 0.2) is 5.78 Å². The van der Waals surface area contributed by atoms with Crippen LogP contribution in [0.4, 0.5) is 0 Å². The van der Waals surface area contributed by atoms with Gasteiger partial charge in [0.25, 0.3) is 5.22 Å². The minimum Gasteiger partial charge on any atom is -0.411 e. The highest BCUT2D eigenvalue weighted by Crippen LogP contribution is 2.27. The van der Waals surface area contributed by atoms with E-state index in [2.05, 4.69) is 34.7 Å². The molecule has 0 bridgehead atoms. The molecule has 0 saturated carbocycles. The summed E-state index contributed by atoms with van der Waals surface area (Å²) < 4.78 is 7.93. The van der Waals surface area contributed by atoms with E-state index < -0.39 is 0 Å². The van der Waals surface area contributed by atoms with E-state index in [-0.39, 0.29) is 11.5 Å². The van der Waals surface area contributed by atoms with Crippen LogP contribution in [0.2, 0.25) is 0 Å². The van der Waals surface area contributed by atoms with Gasteiger partial charge in [0.1, 0.15) is 0 Å². The number of hydrogen-bond acceptors (Lipinski definition) is 5. The Morgan fingerprint density at radius 2 is 1.74 bits per heavy atom. The Hall–Kier alpha value is -2.34. The summed E-state index contributed by atoms with van der Waals surface area (Å²) in [6.45, 7) is 12.3. The minimum atomic E-state index is 0.0751. The number of ketones is 1. The van der Waals surface area contributed by atoms with Crippen molar-refractivity contribution in [3.8, 4) is 11.5 Å². The number of carbonyl (C=O) groups excluding carboxylic acids is 1. The summed E-state index contributed by atoms with van der Waals surface area (Å²) in [6.07, 6.45) is 0. The molecule has 6 heteroatoms. The number of hydrogen-bond donors (Lipinski definition) is 0. The molecule has 0 amide bonds. The van der Waals surface area contributed by atoms with E-state index in [0.717, 1.165) is 33.6 Å². The summed E-state index contributed by atoms with van der Waals surface area (Å²) in [5.41, 5.74) is 6.07. The maximum absolute atomic E-state index is 12.7. The lowest BCUT2D eigenvalue weighted by Crippen LogP contribution is -2.08. The third-order valence-electron chi connectivity index (χ3n) is 4.50. The highest BCUT2D eigenvalue weighted by Gasteiger charge is 2.18. The molecular weight excluding hydrogens is 358 g/mol. The number of aromatic nitrogens is 3. The first kappa shape index (κ1) is 19.4. The molecule has 142 valence electrons. The van der Waals surface area contributed by atoms with Gasteiger partial charge >= 0.3 is 0 Å². The zero-order chi connectivity index (χ0) is 19.7. The fourth-order valence-corrected chi connectivity index (χ4v) is 4.19. The van der Waals surface area contributed by atoms with Crippen LogP contribution in [0.1, 0.15) is 52.8 Å². The second-order valence-electron chi connectivity index (χ2n) is 7.21. The van der Waals surface area contributed by atoms with Crippen LogP contribution in [-0.4, -0.2) is 26.3 Å². The van der Waals surface area contributed by atoms with Crippen LogP contribution in [0.5, 0.6) is 0 Å². The Kier molecular flexibility index (Phi) is 5.56. The first-order valence-electron chi connectivity index (χ1n) is 9.03. The number of aryl methyl sites for hydroxylation is 3. The SMILES string of the molecule is Cc1cc(C)cc(-c2nnc(SCC(=O)c3cc(C)n(C(C)C)c3C)o2)c1. The summed E-state index contributed by atoms with van der Waals surface area (Å²) in [5, 5.41) is 8.62. The van der Waals surface area contributed by atoms with Crippen molar-refractivity contribution in [2.24, 2.45) is 0 Å². The molecule has 0 spiro atoms. The third-order valence-corrected chi connectivity index (χ3v) is 5.32. The fraction of sp³-hybridized carbons (Fsp3) is 0.381. The van der Waals surface area contributed by atoms with Gasteiger partial charge < -0.3 is 8.98 Å². The number of carbonyl (C=O) groups is 1. The molecule has 0 aliphatic rings. The van der Waals surface area contributed by atoms with Crippen molar-refractivity contribution < 1.29 is 9.21 Å². The summed E-state index contributed by atoms with van der Waals surface area (Å²) in [7, 11) is 0. The number of rotatable bonds is 6. The summed E-state index contributed by atoms with van der Waals surface area (Å²) >= 11 is 1.28. The van der Waals surface area contributed by atoms with Crippen LogP contribution in [-0.2, 0) is 0 Å². The molecule has 3 aromatic rings. The van der Waals surface area contributed by atoms with Gasteiger partial charge in [-0.25, -0.2) is 0 Å². The van der Waals surface area contributed by atoms with E-state index >= 15 is 0 Å². The second-order valence-corrected chi connectivity index (χ2v) is 8.14. The van der Waals surface area contributed by atoms with Crippen LogP contribution >= 0.6 is 11.8 Å². The van der Waals surface area contributed by atoms with Crippen molar-refractivity contribution in [2.75, 3.05) is 5.75 Å². The Balaban J connectivity index is 1.72. The lowest BCUT2D eigenvalue weighted by molar-refractivity contribution is 0.102. The van der Waals surface area contributed by atoms with E-state index in [1.165, 1.54) is 11.8 Å². The van der Waals surface area contributed by atoms with Gasteiger partial charge in [-0.1, -0.05) is 29.0 Å². The first-order valence-corrected chi connectivity index (χ1v) is 10.0. The molecule has 0 aliphatic heterocycles. The molecule has 0 fully saturated rings. The Morgan fingerprint density at radius 1 is 1.07 bits per heavy atom. The predicted molar refractivity (Wildman–Crippen MR) is 109 cm³/mol. The molecule has 0 radical (unpaired) electrons. The van der Waals surface area contributed by atoms with Gasteiger partial charge in [-0.05, 0) is 59.7 Å². The van der Waals surface area contributed by atoms with E-state index in [9.17, 15) is 4.79 Å². The molecule has 0 N–H and O–H groups in total. The lowest BCUT2D eigenvalue weighted by atomic mass is 10.1. The topological polar surface area (TPSA) is 60.9 Å². The van der Waals surface area contributed by atoms with Gasteiger partial charge in [0.2, 0.25) is 5.89 Å². The van der Waals surface area contributed by atoms with Crippen LogP contribution in [0.15, 0.2) is 33.9 Å². The second kappa shape index (κ2) is 7.72. The Morgan fingerprint density at radius 3 is 2.33 bits per heavy atom. The monoisotopic (exact) mass is 383 g/mol. The smallest absolute Gasteiger partial charge is 0.277 e. The van der Waals surface area contributed by atoms with Gasteiger partial charge in [-0.15, -0.1) is 10.2 Å². The van der Waals surface area contributed by atoms with Crippen molar-refractivity contribution >= 4 is 17.5 Å². The zero-order valence-electron chi connectivity index (χ0n) is 16.7. The average Bonchev–Trinajstić information content (AvgIpc) is 3.16. The average molecular weight is 384 g/mol. The van der Waals surface area contributed by atoms with Crippen LogP contribution < -0.4 is 0 Å². The normalized spacial score (nSPS) is 11.4. The number of nitrogens with zero attached hydrogens (tertiary/aromatic N) is 3. The lowest BCUT2D eigenvalue weighted by Gasteiger charge is -2.13. The van der Waals surface area contributed by atoms with Gasteiger partial charge in [-0.3, -0.25) is 4.79 Å². The number of thioether (sulfide) groups is 1. The molecule has 0 atom stereocenters. The maximum atomic E-state index is 12.7. The fourth-order valence-electron chi connectivity index (χ4n) is 3.54. The molecular formula is C21H25N3O2S. The van der Waals surface area contributed by atoms with E-state index in [1.807, 2.05) is 45.9 Å². The van der Waals surface area contributed by atoms with E-state index in [1.54, 1.807) is 0 Å². The molecule has 2 heterocycles. The zero-order valence-corrected chi connectivity index (χ0v) is 17.5. The van der Waals surface area contributed by atoms with E-state index in [4.69, 9.17) is 4.42 Å². The van der Waals surface area contributed by atoms with Crippen molar-refractivity contribution in [1.29, 1.82) is 0 Å². The quantitative estimate of drug-likeness (QED) is 0.425.